The van der Waals surface area contributed by atoms with Crippen LogP contribution in [-0.4, -0.2) is 24.2 Å². The highest BCUT2D eigenvalue weighted by Crippen LogP contribution is 2.26. The van der Waals surface area contributed by atoms with E-state index in [1.54, 1.807) is 0 Å². The molecule has 1 aromatic carbocycles. The molecule has 1 aliphatic heterocycles. The molecule has 0 bridgehead atoms. The summed E-state index contributed by atoms with van der Waals surface area (Å²) in [5.41, 5.74) is 3.80. The van der Waals surface area contributed by atoms with E-state index in [4.69, 9.17) is 5.11 Å². The van der Waals surface area contributed by atoms with Crippen molar-refractivity contribution >= 4 is 11.7 Å². The molecule has 0 aromatic heterocycles. The molecule has 92 valence electrons. The Kier molecular flexibility index (Phi) is 3.36. The van der Waals surface area contributed by atoms with E-state index < -0.39 is 5.97 Å². The number of benzene rings is 1. The summed E-state index contributed by atoms with van der Waals surface area (Å²) >= 11 is 0. The molecule has 0 aliphatic carbocycles. The molecule has 1 fully saturated rings. The molecule has 1 saturated heterocycles. The van der Waals surface area contributed by atoms with E-state index in [0.29, 0.717) is 0 Å². The number of aryl methyl sites for hydroxylation is 2. The van der Waals surface area contributed by atoms with E-state index in [0.717, 1.165) is 25.9 Å². The summed E-state index contributed by atoms with van der Waals surface area (Å²) in [7, 11) is 0. The summed E-state index contributed by atoms with van der Waals surface area (Å²) in [6.07, 6.45) is 1.51. The molecule has 1 heterocycles. The van der Waals surface area contributed by atoms with Gasteiger partial charge in [-0.15, -0.1) is 0 Å². The van der Waals surface area contributed by atoms with Gasteiger partial charge in [-0.1, -0.05) is 17.7 Å². The molecule has 0 amide bonds. The number of aliphatic carboxylic acids is 1. The van der Waals surface area contributed by atoms with E-state index in [9.17, 15) is 4.79 Å². The number of hydrogen-bond acceptors (Lipinski definition) is 2. The van der Waals surface area contributed by atoms with Crippen LogP contribution in [0.4, 0.5) is 5.69 Å². The Balaban J connectivity index is 2.08. The third-order valence-corrected chi connectivity index (χ3v) is 3.54. The normalized spacial score (nSPS) is 17.2. The molecule has 1 N–H and O–H groups in total. The molecule has 1 aliphatic rings. The van der Waals surface area contributed by atoms with Gasteiger partial charge >= 0.3 is 5.97 Å². The second-order valence-corrected chi connectivity index (χ2v) is 4.89. The highest BCUT2D eigenvalue weighted by molar-refractivity contribution is 5.70. The summed E-state index contributed by atoms with van der Waals surface area (Å²) in [6, 6.07) is 6.44. The smallest absolute Gasteiger partial charge is 0.306 e. The summed E-state index contributed by atoms with van der Waals surface area (Å²) in [5.74, 6) is -0.803. The average Bonchev–Trinajstić information content (AvgIpc) is 2.29. The van der Waals surface area contributed by atoms with Gasteiger partial charge < -0.3 is 10.0 Å². The van der Waals surface area contributed by atoms with Gasteiger partial charge in [0.1, 0.15) is 0 Å². The first-order chi connectivity index (χ1) is 8.08. The van der Waals surface area contributed by atoms with Crippen molar-refractivity contribution in [3.8, 4) is 0 Å². The van der Waals surface area contributed by atoms with Crippen LogP contribution >= 0.6 is 0 Å². The predicted molar refractivity (Wildman–Crippen MR) is 68.5 cm³/mol. The van der Waals surface area contributed by atoms with Gasteiger partial charge in [0.15, 0.2) is 0 Å². The molecule has 0 unspecified atom stereocenters. The summed E-state index contributed by atoms with van der Waals surface area (Å²) in [6.45, 7) is 5.90. The number of carboxylic acid groups (broad SMARTS) is 1. The Bertz CT molecular complexity index is 420. The van der Waals surface area contributed by atoms with Crippen molar-refractivity contribution in [1.82, 2.24) is 0 Å². The minimum absolute atomic E-state index is 0.156. The Morgan fingerprint density at radius 3 is 2.47 bits per heavy atom. The number of anilines is 1. The van der Waals surface area contributed by atoms with Crippen LogP contribution < -0.4 is 4.90 Å². The molecule has 0 radical (unpaired) electrons. The lowest BCUT2D eigenvalue weighted by Crippen LogP contribution is -2.36. The predicted octanol–water partition coefficient (Wildman–Crippen LogP) is 2.60. The first kappa shape index (κ1) is 12.0. The highest BCUT2D eigenvalue weighted by atomic mass is 16.4. The minimum atomic E-state index is -0.648. The molecular weight excluding hydrogens is 214 g/mol. The van der Waals surface area contributed by atoms with Crippen molar-refractivity contribution < 1.29 is 9.90 Å². The highest BCUT2D eigenvalue weighted by Gasteiger charge is 2.24. The first-order valence-corrected chi connectivity index (χ1v) is 6.13. The molecule has 1 aromatic rings. The van der Waals surface area contributed by atoms with E-state index >= 15 is 0 Å². The quantitative estimate of drug-likeness (QED) is 0.853. The largest absolute Gasteiger partial charge is 0.481 e. The van der Waals surface area contributed by atoms with Crippen LogP contribution in [0.3, 0.4) is 0 Å². The van der Waals surface area contributed by atoms with Crippen LogP contribution in [0.15, 0.2) is 18.2 Å². The first-order valence-electron chi connectivity index (χ1n) is 6.13. The van der Waals surface area contributed by atoms with Crippen molar-refractivity contribution in [2.24, 2.45) is 5.92 Å². The second-order valence-electron chi connectivity index (χ2n) is 4.89. The van der Waals surface area contributed by atoms with Crippen LogP contribution in [0.1, 0.15) is 24.0 Å². The van der Waals surface area contributed by atoms with Gasteiger partial charge in [-0.05, 0) is 38.3 Å². The number of nitrogens with zero attached hydrogens (tertiary/aromatic N) is 1. The molecule has 3 nitrogen and oxygen atoms in total. The molecule has 0 spiro atoms. The molecule has 0 saturated carbocycles. The zero-order valence-corrected chi connectivity index (χ0v) is 10.4. The van der Waals surface area contributed by atoms with E-state index in [1.807, 2.05) is 0 Å². The monoisotopic (exact) mass is 233 g/mol. The van der Waals surface area contributed by atoms with Gasteiger partial charge in [0.2, 0.25) is 0 Å². The maximum absolute atomic E-state index is 10.9. The molecule has 17 heavy (non-hydrogen) atoms. The van der Waals surface area contributed by atoms with Gasteiger partial charge in [0, 0.05) is 18.8 Å². The SMILES string of the molecule is Cc1ccc(N2CCC(C(=O)O)CC2)c(C)c1. The average molecular weight is 233 g/mol. The molecule has 2 rings (SSSR count). The van der Waals surface area contributed by atoms with E-state index in [-0.39, 0.29) is 5.92 Å². The van der Waals surface area contributed by atoms with E-state index in [2.05, 4.69) is 36.9 Å². The third kappa shape index (κ3) is 2.60. The topological polar surface area (TPSA) is 40.5 Å². The minimum Gasteiger partial charge on any atom is -0.481 e. The maximum atomic E-state index is 10.9. The van der Waals surface area contributed by atoms with Gasteiger partial charge in [-0.25, -0.2) is 0 Å². The summed E-state index contributed by atoms with van der Waals surface area (Å²) < 4.78 is 0. The Morgan fingerprint density at radius 2 is 1.94 bits per heavy atom. The summed E-state index contributed by atoms with van der Waals surface area (Å²) in [4.78, 5) is 13.2. The lowest BCUT2D eigenvalue weighted by atomic mass is 9.96. The van der Waals surface area contributed by atoms with Gasteiger partial charge in [0.25, 0.3) is 0 Å². The van der Waals surface area contributed by atoms with Crippen molar-refractivity contribution in [2.75, 3.05) is 18.0 Å². The van der Waals surface area contributed by atoms with Crippen molar-refractivity contribution in [1.29, 1.82) is 0 Å². The van der Waals surface area contributed by atoms with Gasteiger partial charge in [-0.3, -0.25) is 4.79 Å². The number of piperidine rings is 1. The molecule has 3 heteroatoms. The number of rotatable bonds is 2. The number of carbonyl (C=O) groups is 1. The molecule has 0 atom stereocenters. The van der Waals surface area contributed by atoms with Crippen LogP contribution in [0.5, 0.6) is 0 Å². The Morgan fingerprint density at radius 1 is 1.29 bits per heavy atom. The fourth-order valence-corrected chi connectivity index (χ4v) is 2.53. The Labute approximate surface area is 102 Å². The maximum Gasteiger partial charge on any atom is 0.306 e. The van der Waals surface area contributed by atoms with Gasteiger partial charge in [-0.2, -0.15) is 0 Å². The zero-order valence-electron chi connectivity index (χ0n) is 10.4. The van der Waals surface area contributed by atoms with E-state index in [1.165, 1.54) is 16.8 Å². The number of carboxylic acids is 1. The summed E-state index contributed by atoms with van der Waals surface area (Å²) in [5, 5.41) is 8.97. The van der Waals surface area contributed by atoms with Crippen LogP contribution in [0.2, 0.25) is 0 Å². The van der Waals surface area contributed by atoms with Crippen molar-refractivity contribution in [3.05, 3.63) is 29.3 Å². The van der Waals surface area contributed by atoms with Gasteiger partial charge in [0.05, 0.1) is 5.92 Å². The van der Waals surface area contributed by atoms with Crippen molar-refractivity contribution in [3.63, 3.8) is 0 Å². The Hall–Kier alpha value is -1.51. The van der Waals surface area contributed by atoms with Crippen LogP contribution in [0, 0.1) is 19.8 Å². The number of hydrogen-bond donors (Lipinski definition) is 1. The lowest BCUT2D eigenvalue weighted by Gasteiger charge is -2.33. The van der Waals surface area contributed by atoms with Crippen LogP contribution in [0.25, 0.3) is 0 Å². The fraction of sp³-hybridized carbons (Fsp3) is 0.500. The van der Waals surface area contributed by atoms with Crippen LogP contribution in [-0.2, 0) is 4.79 Å². The second kappa shape index (κ2) is 4.78. The van der Waals surface area contributed by atoms with Crippen molar-refractivity contribution in [2.45, 2.75) is 26.7 Å². The fourth-order valence-electron chi connectivity index (χ4n) is 2.53. The third-order valence-electron chi connectivity index (χ3n) is 3.54. The lowest BCUT2D eigenvalue weighted by molar-refractivity contribution is -0.142. The molecular formula is C14H19NO2. The zero-order chi connectivity index (χ0) is 12.4. The standard InChI is InChI=1S/C14H19NO2/c1-10-3-4-13(11(2)9-10)15-7-5-12(6-8-15)14(16)17/h3-4,9,12H,5-8H2,1-2H3,(H,16,17).